The minimum atomic E-state index is 0.434. The molecule has 0 saturated heterocycles. The molecule has 0 aromatic heterocycles. The lowest BCUT2D eigenvalue weighted by molar-refractivity contribution is -0.107. The van der Waals surface area contributed by atoms with Crippen molar-refractivity contribution in [1.29, 1.82) is 0 Å². The van der Waals surface area contributed by atoms with Gasteiger partial charge in [-0.25, -0.2) is 0 Å². The van der Waals surface area contributed by atoms with Crippen molar-refractivity contribution in [3.05, 3.63) is 23.8 Å². The first kappa shape index (κ1) is 13.4. The van der Waals surface area contributed by atoms with Crippen molar-refractivity contribution in [2.45, 2.75) is 17.7 Å². The van der Waals surface area contributed by atoms with Crippen molar-refractivity contribution >= 4 is 29.6 Å². The monoisotopic (exact) mass is 258 g/mol. The third-order valence-corrected chi connectivity index (χ3v) is 3.49. The molecule has 0 N–H and O–H groups in total. The van der Waals surface area contributed by atoms with Crippen molar-refractivity contribution in [2.24, 2.45) is 0 Å². The first-order valence-electron chi connectivity index (χ1n) is 5.11. The number of aldehydes is 1. The number of hydrogen-bond acceptors (Lipinski definition) is 3. The zero-order valence-electron chi connectivity index (χ0n) is 9.24. The smallest absolute Gasteiger partial charge is 0.132 e. The highest BCUT2D eigenvalue weighted by atomic mass is 35.5. The molecule has 88 valence electrons. The van der Waals surface area contributed by atoms with E-state index in [1.807, 2.05) is 18.2 Å². The Kier molecular flexibility index (Phi) is 6.34. The van der Waals surface area contributed by atoms with E-state index in [4.69, 9.17) is 16.3 Å². The number of carbonyl (C=O) groups excluding carboxylic acids is 1. The molecule has 0 radical (unpaired) electrons. The lowest BCUT2D eigenvalue weighted by Gasteiger charge is -2.09. The quantitative estimate of drug-likeness (QED) is 0.325. The van der Waals surface area contributed by atoms with E-state index in [2.05, 4.69) is 0 Å². The predicted molar refractivity (Wildman–Crippen MR) is 68.8 cm³/mol. The third kappa shape index (κ3) is 4.06. The Morgan fingerprint density at radius 3 is 2.94 bits per heavy atom. The van der Waals surface area contributed by atoms with Gasteiger partial charge < -0.3 is 9.53 Å². The van der Waals surface area contributed by atoms with E-state index in [-0.39, 0.29) is 0 Å². The molecule has 2 nitrogen and oxygen atoms in total. The maximum atomic E-state index is 10.4. The second-order valence-corrected chi connectivity index (χ2v) is 4.76. The Bertz CT molecular complexity index is 342. The molecule has 0 aliphatic heterocycles. The van der Waals surface area contributed by atoms with Gasteiger partial charge in [-0.3, -0.25) is 0 Å². The van der Waals surface area contributed by atoms with Crippen LogP contribution in [0.15, 0.2) is 23.1 Å². The van der Waals surface area contributed by atoms with Gasteiger partial charge in [0.15, 0.2) is 0 Å². The van der Waals surface area contributed by atoms with E-state index in [1.165, 1.54) is 0 Å². The Labute approximate surface area is 105 Å². The van der Waals surface area contributed by atoms with Crippen LogP contribution in [0, 0.1) is 0 Å². The Morgan fingerprint density at radius 2 is 2.31 bits per heavy atom. The van der Waals surface area contributed by atoms with Crippen molar-refractivity contribution in [1.82, 2.24) is 0 Å². The fourth-order valence-corrected chi connectivity index (χ4v) is 2.54. The molecule has 0 aliphatic carbocycles. The second kappa shape index (κ2) is 7.58. The van der Waals surface area contributed by atoms with Crippen LogP contribution in [0.1, 0.15) is 12.0 Å². The number of rotatable bonds is 7. The number of thioether (sulfide) groups is 1. The number of hydrogen-bond donors (Lipinski definition) is 0. The van der Waals surface area contributed by atoms with Gasteiger partial charge in [-0.15, -0.1) is 23.4 Å². The molecule has 0 fully saturated rings. The van der Waals surface area contributed by atoms with Gasteiger partial charge in [-0.2, -0.15) is 0 Å². The lowest BCUT2D eigenvalue weighted by Crippen LogP contribution is -1.92. The van der Waals surface area contributed by atoms with Crippen LogP contribution >= 0.6 is 23.4 Å². The van der Waals surface area contributed by atoms with Crippen LogP contribution < -0.4 is 4.74 Å². The van der Waals surface area contributed by atoms with Gasteiger partial charge in [0, 0.05) is 17.2 Å². The van der Waals surface area contributed by atoms with E-state index in [0.29, 0.717) is 12.3 Å². The van der Waals surface area contributed by atoms with E-state index in [9.17, 15) is 4.79 Å². The van der Waals surface area contributed by atoms with Gasteiger partial charge in [0.2, 0.25) is 0 Å². The Balaban J connectivity index is 2.72. The van der Waals surface area contributed by atoms with Crippen LogP contribution in [0.2, 0.25) is 0 Å². The summed E-state index contributed by atoms with van der Waals surface area (Å²) in [5.41, 5.74) is 0.980. The summed E-state index contributed by atoms with van der Waals surface area (Å²) < 4.78 is 5.29. The predicted octanol–water partition coefficient (Wildman–Crippen LogP) is 3.16. The summed E-state index contributed by atoms with van der Waals surface area (Å²) in [5, 5.41) is 0. The largest absolute Gasteiger partial charge is 0.496 e. The van der Waals surface area contributed by atoms with Crippen LogP contribution in [0.25, 0.3) is 0 Å². The highest BCUT2D eigenvalue weighted by Crippen LogP contribution is 2.30. The van der Waals surface area contributed by atoms with E-state index in [1.54, 1.807) is 18.9 Å². The summed E-state index contributed by atoms with van der Waals surface area (Å²) in [5.74, 6) is 2.49. The molecular weight excluding hydrogens is 244 g/mol. The molecule has 0 bridgehead atoms. The fraction of sp³-hybridized carbons (Fsp3) is 0.417. The van der Waals surface area contributed by atoms with Crippen LogP contribution in [0.5, 0.6) is 5.75 Å². The molecular formula is C12H15ClO2S. The van der Waals surface area contributed by atoms with Crippen molar-refractivity contribution in [2.75, 3.05) is 18.7 Å². The molecule has 0 atom stereocenters. The average Bonchev–Trinajstić information content (AvgIpc) is 2.31. The zero-order valence-corrected chi connectivity index (χ0v) is 10.8. The van der Waals surface area contributed by atoms with Crippen LogP contribution in [0.4, 0.5) is 0 Å². The van der Waals surface area contributed by atoms with Gasteiger partial charge in [-0.05, 0) is 29.9 Å². The average molecular weight is 259 g/mol. The summed E-state index contributed by atoms with van der Waals surface area (Å²) >= 11 is 7.35. The topological polar surface area (TPSA) is 26.3 Å². The summed E-state index contributed by atoms with van der Waals surface area (Å²) in [4.78, 5) is 11.5. The minimum Gasteiger partial charge on any atom is -0.496 e. The van der Waals surface area contributed by atoms with E-state index >= 15 is 0 Å². The maximum Gasteiger partial charge on any atom is 0.132 e. The van der Waals surface area contributed by atoms with E-state index in [0.717, 1.165) is 34.7 Å². The molecule has 1 aromatic rings. The van der Waals surface area contributed by atoms with E-state index < -0.39 is 0 Å². The molecule has 0 saturated carbocycles. The molecule has 16 heavy (non-hydrogen) atoms. The Morgan fingerprint density at radius 1 is 1.50 bits per heavy atom. The molecule has 0 spiro atoms. The minimum absolute atomic E-state index is 0.434. The second-order valence-electron chi connectivity index (χ2n) is 3.25. The molecule has 0 aliphatic rings. The SMILES string of the molecule is COc1cc(CC=O)ccc1SCCCCl. The third-order valence-electron chi connectivity index (χ3n) is 2.08. The van der Waals surface area contributed by atoms with Gasteiger partial charge in [0.1, 0.15) is 12.0 Å². The van der Waals surface area contributed by atoms with Gasteiger partial charge in [0.05, 0.1) is 7.11 Å². The highest BCUT2D eigenvalue weighted by Gasteiger charge is 2.04. The van der Waals surface area contributed by atoms with Gasteiger partial charge in [0.25, 0.3) is 0 Å². The number of alkyl halides is 1. The number of halogens is 1. The first-order valence-corrected chi connectivity index (χ1v) is 6.63. The summed E-state index contributed by atoms with van der Waals surface area (Å²) in [6.45, 7) is 0. The molecule has 0 unspecified atom stereocenters. The number of benzene rings is 1. The fourth-order valence-electron chi connectivity index (χ4n) is 1.29. The Hall–Kier alpha value is -0.670. The first-order chi connectivity index (χ1) is 7.81. The molecule has 4 heteroatoms. The summed E-state index contributed by atoms with van der Waals surface area (Å²) in [6.07, 6.45) is 2.31. The van der Waals surface area contributed by atoms with Crippen molar-refractivity contribution < 1.29 is 9.53 Å². The molecule has 1 rings (SSSR count). The normalized spacial score (nSPS) is 10.1. The zero-order chi connectivity index (χ0) is 11.8. The van der Waals surface area contributed by atoms with Crippen molar-refractivity contribution in [3.63, 3.8) is 0 Å². The van der Waals surface area contributed by atoms with Gasteiger partial charge >= 0.3 is 0 Å². The molecule has 0 amide bonds. The molecule has 0 heterocycles. The number of ether oxygens (including phenoxy) is 1. The number of methoxy groups -OCH3 is 1. The maximum absolute atomic E-state index is 10.4. The summed E-state index contributed by atoms with van der Waals surface area (Å²) in [6, 6.07) is 5.87. The highest BCUT2D eigenvalue weighted by molar-refractivity contribution is 7.99. The summed E-state index contributed by atoms with van der Waals surface area (Å²) in [7, 11) is 1.64. The van der Waals surface area contributed by atoms with Crippen LogP contribution in [0.3, 0.4) is 0 Å². The lowest BCUT2D eigenvalue weighted by atomic mass is 10.1. The molecule has 1 aromatic carbocycles. The standard InChI is InChI=1S/C12H15ClO2S/c1-15-11-9-10(5-7-14)3-4-12(11)16-8-2-6-13/h3-4,7,9H,2,5-6,8H2,1H3. The van der Waals surface area contributed by atoms with Gasteiger partial charge in [-0.1, -0.05) is 6.07 Å². The van der Waals surface area contributed by atoms with Crippen molar-refractivity contribution in [3.8, 4) is 5.75 Å². The van der Waals surface area contributed by atoms with Crippen LogP contribution in [-0.2, 0) is 11.2 Å². The van der Waals surface area contributed by atoms with Crippen LogP contribution in [-0.4, -0.2) is 25.0 Å². The number of carbonyl (C=O) groups is 1.